The average molecular weight is 277 g/mol. The van der Waals surface area contributed by atoms with Gasteiger partial charge in [0.1, 0.15) is 11.8 Å². The summed E-state index contributed by atoms with van der Waals surface area (Å²) in [6, 6.07) is 3.75. The van der Waals surface area contributed by atoms with Crippen molar-refractivity contribution in [3.8, 4) is 5.75 Å². The van der Waals surface area contributed by atoms with Gasteiger partial charge in [-0.1, -0.05) is 0 Å². The van der Waals surface area contributed by atoms with Crippen LogP contribution in [0.2, 0.25) is 0 Å². The van der Waals surface area contributed by atoms with Crippen LogP contribution in [0.1, 0.15) is 16.8 Å². The number of likely N-dealkylation sites (tertiary alicyclic amines) is 1. The minimum atomic E-state index is -0.816. The Labute approximate surface area is 115 Å². The predicted molar refractivity (Wildman–Crippen MR) is 71.1 cm³/mol. The number of imide groups is 1. The smallest absolute Gasteiger partial charge is 0.252 e. The number of ether oxygens (including phenoxy) is 1. The van der Waals surface area contributed by atoms with E-state index >= 15 is 0 Å². The van der Waals surface area contributed by atoms with Crippen LogP contribution in [0.15, 0.2) is 18.2 Å². The summed E-state index contributed by atoms with van der Waals surface area (Å²) >= 11 is 0. The molecule has 1 heterocycles. The van der Waals surface area contributed by atoms with E-state index in [1.165, 1.54) is 26.3 Å². The monoisotopic (exact) mass is 277 g/mol. The fourth-order valence-corrected chi connectivity index (χ4v) is 1.99. The molecule has 20 heavy (non-hydrogen) atoms. The molecule has 1 aliphatic rings. The molecule has 0 aliphatic carbocycles. The molecule has 1 aromatic carbocycles. The molecule has 1 aliphatic heterocycles. The highest BCUT2D eigenvalue weighted by Gasteiger charge is 2.37. The largest absolute Gasteiger partial charge is 0.495 e. The van der Waals surface area contributed by atoms with Crippen molar-refractivity contribution in [2.24, 2.45) is 0 Å². The summed E-state index contributed by atoms with van der Waals surface area (Å²) in [6.07, 6.45) is -0.0211. The van der Waals surface area contributed by atoms with Crippen molar-refractivity contribution in [3.05, 3.63) is 23.8 Å². The molecule has 3 N–H and O–H groups in total. The Morgan fingerprint density at radius 1 is 1.45 bits per heavy atom. The lowest BCUT2D eigenvalue weighted by Gasteiger charge is -2.12. The van der Waals surface area contributed by atoms with Crippen LogP contribution >= 0.6 is 0 Å². The highest BCUT2D eigenvalue weighted by Crippen LogP contribution is 2.22. The number of methoxy groups -OCH3 is 1. The zero-order valence-electron chi connectivity index (χ0n) is 11.2. The van der Waals surface area contributed by atoms with Crippen LogP contribution in [-0.4, -0.2) is 42.8 Å². The Hall–Kier alpha value is -2.57. The van der Waals surface area contributed by atoms with Gasteiger partial charge in [0.05, 0.1) is 19.2 Å². The Bertz CT molecular complexity index is 585. The van der Waals surface area contributed by atoms with E-state index in [1.54, 1.807) is 6.07 Å². The Morgan fingerprint density at radius 3 is 2.65 bits per heavy atom. The van der Waals surface area contributed by atoms with Gasteiger partial charge < -0.3 is 15.8 Å². The van der Waals surface area contributed by atoms with Crippen LogP contribution in [0.3, 0.4) is 0 Å². The first-order valence-corrected chi connectivity index (χ1v) is 5.99. The molecule has 1 unspecified atom stereocenters. The van der Waals surface area contributed by atoms with Gasteiger partial charge in [-0.2, -0.15) is 0 Å². The normalized spacial score (nSPS) is 18.3. The summed E-state index contributed by atoms with van der Waals surface area (Å²) in [4.78, 5) is 36.1. The number of rotatable bonds is 3. The number of amides is 3. The lowest BCUT2D eigenvalue weighted by atomic mass is 10.1. The molecule has 0 saturated carbocycles. The third kappa shape index (κ3) is 2.42. The first kappa shape index (κ1) is 13.9. The number of nitrogens with two attached hydrogens (primary N) is 1. The van der Waals surface area contributed by atoms with Crippen molar-refractivity contribution in [1.82, 2.24) is 10.2 Å². The van der Waals surface area contributed by atoms with Gasteiger partial charge >= 0.3 is 0 Å². The molecule has 3 amide bonds. The van der Waals surface area contributed by atoms with Crippen LogP contribution in [-0.2, 0) is 9.59 Å². The van der Waals surface area contributed by atoms with Gasteiger partial charge in [-0.05, 0) is 18.2 Å². The first-order valence-electron chi connectivity index (χ1n) is 5.99. The Balaban J connectivity index is 2.11. The van der Waals surface area contributed by atoms with Crippen LogP contribution < -0.4 is 15.8 Å². The van der Waals surface area contributed by atoms with Crippen molar-refractivity contribution < 1.29 is 19.1 Å². The SMILES string of the molecule is COc1ccc(C(=O)NC2CC(=O)N(C)C2=O)cc1N. The second-order valence-electron chi connectivity index (χ2n) is 4.48. The van der Waals surface area contributed by atoms with E-state index in [0.717, 1.165) is 4.90 Å². The number of hydrogen-bond donors (Lipinski definition) is 2. The van der Waals surface area contributed by atoms with E-state index in [4.69, 9.17) is 10.5 Å². The summed E-state index contributed by atoms with van der Waals surface area (Å²) in [7, 11) is 2.87. The van der Waals surface area contributed by atoms with Crippen molar-refractivity contribution >= 4 is 23.4 Å². The second kappa shape index (κ2) is 5.20. The maximum atomic E-state index is 12.0. The molecule has 1 fully saturated rings. The van der Waals surface area contributed by atoms with E-state index < -0.39 is 17.9 Å². The lowest BCUT2D eigenvalue weighted by molar-refractivity contribution is -0.137. The van der Waals surface area contributed by atoms with Gasteiger partial charge in [0.15, 0.2) is 0 Å². The van der Waals surface area contributed by atoms with Crippen molar-refractivity contribution in [2.75, 3.05) is 19.9 Å². The molecular weight excluding hydrogens is 262 g/mol. The average Bonchev–Trinajstić information content (AvgIpc) is 2.66. The number of anilines is 1. The second-order valence-corrected chi connectivity index (χ2v) is 4.48. The molecule has 0 aromatic heterocycles. The molecule has 0 spiro atoms. The van der Waals surface area contributed by atoms with E-state index in [0.29, 0.717) is 17.0 Å². The molecule has 1 aromatic rings. The molecule has 1 atom stereocenters. The highest BCUT2D eigenvalue weighted by atomic mass is 16.5. The van der Waals surface area contributed by atoms with E-state index in [2.05, 4.69) is 5.32 Å². The number of nitrogen functional groups attached to an aromatic ring is 1. The van der Waals surface area contributed by atoms with Gasteiger partial charge in [0.25, 0.3) is 11.8 Å². The zero-order chi connectivity index (χ0) is 14.9. The summed E-state index contributed by atoms with van der Waals surface area (Å²) in [6.45, 7) is 0. The maximum absolute atomic E-state index is 12.0. The number of nitrogens with one attached hydrogen (secondary N) is 1. The summed E-state index contributed by atoms with van der Waals surface area (Å²) in [5.74, 6) is -0.714. The van der Waals surface area contributed by atoms with E-state index in [9.17, 15) is 14.4 Å². The van der Waals surface area contributed by atoms with Gasteiger partial charge in [0, 0.05) is 12.6 Å². The molecule has 106 valence electrons. The quantitative estimate of drug-likeness (QED) is 0.586. The molecule has 0 radical (unpaired) electrons. The van der Waals surface area contributed by atoms with Gasteiger partial charge in [-0.3, -0.25) is 19.3 Å². The summed E-state index contributed by atoms with van der Waals surface area (Å²) < 4.78 is 5.00. The predicted octanol–water partition coefficient (Wildman–Crippen LogP) is -0.235. The summed E-state index contributed by atoms with van der Waals surface area (Å²) in [5.41, 5.74) is 6.34. The van der Waals surface area contributed by atoms with E-state index in [-0.39, 0.29) is 12.3 Å². The molecule has 1 saturated heterocycles. The standard InChI is InChI=1S/C13H15N3O4/c1-16-11(17)6-9(13(16)19)15-12(18)7-3-4-10(20-2)8(14)5-7/h3-5,9H,6,14H2,1-2H3,(H,15,18). The van der Waals surface area contributed by atoms with Gasteiger partial charge in [-0.25, -0.2) is 0 Å². The topological polar surface area (TPSA) is 102 Å². The third-order valence-corrected chi connectivity index (χ3v) is 3.18. The zero-order valence-corrected chi connectivity index (χ0v) is 11.2. The number of hydrogen-bond acceptors (Lipinski definition) is 5. The van der Waals surface area contributed by atoms with Crippen molar-refractivity contribution in [1.29, 1.82) is 0 Å². The maximum Gasteiger partial charge on any atom is 0.252 e. The molecule has 7 nitrogen and oxygen atoms in total. The fraction of sp³-hybridized carbons (Fsp3) is 0.308. The number of carbonyl (C=O) groups is 3. The van der Waals surface area contributed by atoms with E-state index in [1.807, 2.05) is 0 Å². The molecule has 7 heteroatoms. The fourth-order valence-electron chi connectivity index (χ4n) is 1.99. The number of carbonyl (C=O) groups excluding carboxylic acids is 3. The Morgan fingerprint density at radius 2 is 2.15 bits per heavy atom. The molecule has 0 bridgehead atoms. The molecular formula is C13H15N3O4. The number of nitrogens with zero attached hydrogens (tertiary/aromatic N) is 1. The van der Waals surface area contributed by atoms with Gasteiger partial charge in [0.2, 0.25) is 5.91 Å². The number of benzene rings is 1. The third-order valence-electron chi connectivity index (χ3n) is 3.18. The van der Waals surface area contributed by atoms with Crippen LogP contribution in [0.25, 0.3) is 0 Å². The minimum absolute atomic E-state index is 0.0211. The van der Waals surface area contributed by atoms with Crippen molar-refractivity contribution in [3.63, 3.8) is 0 Å². The summed E-state index contributed by atoms with van der Waals surface area (Å²) in [5, 5.41) is 2.52. The minimum Gasteiger partial charge on any atom is -0.495 e. The highest BCUT2D eigenvalue weighted by molar-refractivity contribution is 6.08. The Kier molecular flexibility index (Phi) is 3.60. The van der Waals surface area contributed by atoms with Crippen LogP contribution in [0.4, 0.5) is 5.69 Å². The lowest BCUT2D eigenvalue weighted by Crippen LogP contribution is -2.40. The van der Waals surface area contributed by atoms with Crippen LogP contribution in [0, 0.1) is 0 Å². The van der Waals surface area contributed by atoms with Gasteiger partial charge in [-0.15, -0.1) is 0 Å². The number of likely N-dealkylation sites (N-methyl/N-ethyl adjacent to an activating group) is 1. The molecule has 2 rings (SSSR count). The van der Waals surface area contributed by atoms with Crippen LogP contribution in [0.5, 0.6) is 5.75 Å². The van der Waals surface area contributed by atoms with Crippen molar-refractivity contribution in [2.45, 2.75) is 12.5 Å². The first-order chi connectivity index (χ1) is 9.43.